The first-order valence-corrected chi connectivity index (χ1v) is 6.86. The van der Waals surface area contributed by atoms with E-state index in [1.807, 2.05) is 6.08 Å². The average Bonchev–Trinajstić information content (AvgIpc) is 2.98. The van der Waals surface area contributed by atoms with Crippen molar-refractivity contribution < 1.29 is 5.11 Å². The second kappa shape index (κ2) is 5.83. The van der Waals surface area contributed by atoms with Crippen LogP contribution >= 0.6 is 0 Å². The zero-order valence-corrected chi connectivity index (χ0v) is 10.3. The van der Waals surface area contributed by atoms with E-state index in [0.29, 0.717) is 0 Å². The maximum atomic E-state index is 10.00. The van der Waals surface area contributed by atoms with E-state index in [1.165, 1.54) is 38.5 Å². The Labute approximate surface area is 99.3 Å². The van der Waals surface area contributed by atoms with Crippen LogP contribution in [0.3, 0.4) is 0 Å². The third-order valence-electron chi connectivity index (χ3n) is 3.94. The Kier molecular flexibility index (Phi) is 4.42. The molecule has 16 heavy (non-hydrogen) atoms. The van der Waals surface area contributed by atoms with E-state index in [0.717, 1.165) is 31.5 Å². The fraction of sp³-hybridized carbons (Fsp3) is 0.857. The molecule has 0 saturated heterocycles. The van der Waals surface area contributed by atoms with Gasteiger partial charge < -0.3 is 5.11 Å². The average molecular weight is 223 g/mol. The molecule has 1 atom stereocenters. The third kappa shape index (κ3) is 3.33. The number of aliphatic hydroxyl groups excluding tert-OH is 1. The molecule has 2 nitrogen and oxygen atoms in total. The molecule has 0 aromatic heterocycles. The van der Waals surface area contributed by atoms with Gasteiger partial charge in [0.05, 0.1) is 6.10 Å². The van der Waals surface area contributed by atoms with Crippen LogP contribution in [0.5, 0.6) is 0 Å². The first-order chi connectivity index (χ1) is 7.81. The number of allylic oxidation sites excluding steroid dienone is 1. The van der Waals surface area contributed by atoms with Crippen molar-refractivity contribution in [3.05, 3.63) is 12.7 Å². The van der Waals surface area contributed by atoms with Crippen molar-refractivity contribution in [1.29, 1.82) is 0 Å². The molecule has 0 radical (unpaired) electrons. The first kappa shape index (κ1) is 12.1. The van der Waals surface area contributed by atoms with Gasteiger partial charge in [-0.1, -0.05) is 18.9 Å². The lowest BCUT2D eigenvalue weighted by Crippen LogP contribution is -2.40. The van der Waals surface area contributed by atoms with E-state index in [-0.39, 0.29) is 6.10 Å². The third-order valence-corrected chi connectivity index (χ3v) is 3.94. The fourth-order valence-electron chi connectivity index (χ4n) is 2.88. The Morgan fingerprint density at radius 3 is 2.38 bits per heavy atom. The molecule has 0 aliphatic heterocycles. The minimum Gasteiger partial charge on any atom is -0.392 e. The van der Waals surface area contributed by atoms with Crippen molar-refractivity contribution in [3.63, 3.8) is 0 Å². The minimum absolute atomic E-state index is 0.154. The summed E-state index contributed by atoms with van der Waals surface area (Å²) in [4.78, 5) is 2.60. The van der Waals surface area contributed by atoms with Gasteiger partial charge in [0.2, 0.25) is 0 Å². The van der Waals surface area contributed by atoms with Gasteiger partial charge in [0.1, 0.15) is 0 Å². The summed E-state index contributed by atoms with van der Waals surface area (Å²) in [6.07, 6.45) is 11.7. The van der Waals surface area contributed by atoms with E-state index < -0.39 is 0 Å². The van der Waals surface area contributed by atoms with E-state index in [2.05, 4.69) is 11.5 Å². The summed E-state index contributed by atoms with van der Waals surface area (Å²) in [6.45, 7) is 4.60. The maximum absolute atomic E-state index is 10.00. The van der Waals surface area contributed by atoms with Gasteiger partial charge in [-0.2, -0.15) is 0 Å². The molecule has 0 aromatic rings. The molecule has 1 N–H and O–H groups in total. The second-order valence-corrected chi connectivity index (χ2v) is 5.39. The predicted octanol–water partition coefficient (Wildman–Crippen LogP) is 2.72. The predicted molar refractivity (Wildman–Crippen MR) is 67.4 cm³/mol. The quantitative estimate of drug-likeness (QED) is 0.671. The number of nitrogens with zero attached hydrogens (tertiary/aromatic N) is 1. The standard InChI is InChI=1S/C14H25NO/c1-2-3-8-14(16)11-15(13-9-10-13)12-6-4-5-7-12/h2,12-14,16H,1,3-11H2. The molecule has 2 rings (SSSR count). The number of rotatable bonds is 7. The van der Waals surface area contributed by atoms with E-state index in [1.54, 1.807) is 0 Å². The topological polar surface area (TPSA) is 23.5 Å². The van der Waals surface area contributed by atoms with Gasteiger partial charge in [0, 0.05) is 18.6 Å². The first-order valence-electron chi connectivity index (χ1n) is 6.86. The zero-order chi connectivity index (χ0) is 11.4. The maximum Gasteiger partial charge on any atom is 0.0670 e. The van der Waals surface area contributed by atoms with Crippen molar-refractivity contribution in [2.75, 3.05) is 6.54 Å². The lowest BCUT2D eigenvalue weighted by Gasteiger charge is -2.30. The van der Waals surface area contributed by atoms with Crippen LogP contribution in [-0.4, -0.2) is 34.7 Å². The lowest BCUT2D eigenvalue weighted by atomic mass is 10.1. The molecule has 2 fully saturated rings. The molecule has 2 aliphatic carbocycles. The second-order valence-electron chi connectivity index (χ2n) is 5.39. The van der Waals surface area contributed by atoms with Gasteiger partial charge in [-0.25, -0.2) is 0 Å². The van der Waals surface area contributed by atoms with Gasteiger partial charge in [-0.15, -0.1) is 6.58 Å². The smallest absolute Gasteiger partial charge is 0.0670 e. The molecule has 1 unspecified atom stereocenters. The molecule has 92 valence electrons. The monoisotopic (exact) mass is 223 g/mol. The highest BCUT2D eigenvalue weighted by atomic mass is 16.3. The van der Waals surface area contributed by atoms with Gasteiger partial charge in [0.15, 0.2) is 0 Å². The molecule has 2 heteroatoms. The van der Waals surface area contributed by atoms with Crippen LogP contribution in [0.25, 0.3) is 0 Å². The molecule has 0 spiro atoms. The van der Waals surface area contributed by atoms with Crippen molar-refractivity contribution in [3.8, 4) is 0 Å². The summed E-state index contributed by atoms with van der Waals surface area (Å²) in [5, 5.41) is 10.00. The van der Waals surface area contributed by atoms with E-state index in [4.69, 9.17) is 0 Å². The van der Waals surface area contributed by atoms with Gasteiger partial charge in [-0.05, 0) is 38.5 Å². The minimum atomic E-state index is -0.154. The molecule has 2 saturated carbocycles. The Bertz CT molecular complexity index is 219. The van der Waals surface area contributed by atoms with Gasteiger partial charge in [-0.3, -0.25) is 4.90 Å². The normalized spacial score (nSPS) is 23.9. The molecular formula is C14H25NO. The fourth-order valence-corrected chi connectivity index (χ4v) is 2.88. The lowest BCUT2D eigenvalue weighted by molar-refractivity contribution is 0.0775. The van der Waals surface area contributed by atoms with Crippen LogP contribution in [0.15, 0.2) is 12.7 Å². The van der Waals surface area contributed by atoms with Crippen LogP contribution in [0.2, 0.25) is 0 Å². The summed E-state index contributed by atoms with van der Waals surface area (Å²) in [7, 11) is 0. The highest BCUT2D eigenvalue weighted by molar-refractivity contribution is 4.91. The highest BCUT2D eigenvalue weighted by Gasteiger charge is 2.35. The number of hydrogen-bond donors (Lipinski definition) is 1. The Hall–Kier alpha value is -0.340. The van der Waals surface area contributed by atoms with Crippen molar-refractivity contribution in [2.45, 2.75) is 69.6 Å². The van der Waals surface area contributed by atoms with Crippen LogP contribution in [0.1, 0.15) is 51.4 Å². The Balaban J connectivity index is 1.79. The molecule has 0 bridgehead atoms. The van der Waals surface area contributed by atoms with Crippen molar-refractivity contribution >= 4 is 0 Å². The Morgan fingerprint density at radius 1 is 1.19 bits per heavy atom. The van der Waals surface area contributed by atoms with Crippen molar-refractivity contribution in [1.82, 2.24) is 4.90 Å². The summed E-state index contributed by atoms with van der Waals surface area (Å²) < 4.78 is 0. The molecule has 2 aliphatic rings. The molecule has 0 aromatic carbocycles. The number of aliphatic hydroxyl groups is 1. The largest absolute Gasteiger partial charge is 0.392 e. The van der Waals surface area contributed by atoms with E-state index in [9.17, 15) is 5.11 Å². The molecule has 0 amide bonds. The van der Waals surface area contributed by atoms with Crippen LogP contribution < -0.4 is 0 Å². The number of hydrogen-bond acceptors (Lipinski definition) is 2. The summed E-state index contributed by atoms with van der Waals surface area (Å²) >= 11 is 0. The van der Waals surface area contributed by atoms with E-state index >= 15 is 0 Å². The van der Waals surface area contributed by atoms with Crippen LogP contribution in [-0.2, 0) is 0 Å². The highest BCUT2D eigenvalue weighted by Crippen LogP contribution is 2.34. The van der Waals surface area contributed by atoms with Gasteiger partial charge >= 0.3 is 0 Å². The van der Waals surface area contributed by atoms with Crippen molar-refractivity contribution in [2.24, 2.45) is 0 Å². The molecule has 0 heterocycles. The van der Waals surface area contributed by atoms with Gasteiger partial charge in [0.25, 0.3) is 0 Å². The van der Waals surface area contributed by atoms with Crippen LogP contribution in [0, 0.1) is 0 Å². The SMILES string of the molecule is C=CCCC(O)CN(C1CCCC1)C1CC1. The zero-order valence-electron chi connectivity index (χ0n) is 10.3. The Morgan fingerprint density at radius 2 is 1.81 bits per heavy atom. The summed E-state index contributed by atoms with van der Waals surface area (Å²) in [6, 6.07) is 1.56. The summed E-state index contributed by atoms with van der Waals surface area (Å²) in [5.74, 6) is 0. The van der Waals surface area contributed by atoms with Crippen LogP contribution in [0.4, 0.5) is 0 Å². The summed E-state index contributed by atoms with van der Waals surface area (Å²) in [5.41, 5.74) is 0. The molecular weight excluding hydrogens is 198 g/mol.